The van der Waals surface area contributed by atoms with E-state index in [2.05, 4.69) is 54.2 Å². The Bertz CT molecular complexity index is 1340. The summed E-state index contributed by atoms with van der Waals surface area (Å²) in [6, 6.07) is 5.64. The molecule has 4 fully saturated rings. The highest BCUT2D eigenvalue weighted by atomic mass is 16.5. The summed E-state index contributed by atoms with van der Waals surface area (Å²) < 4.78 is 5.52. The average molecular weight is 589 g/mol. The molecule has 236 valence electrons. The number of hydrogen-bond acceptors (Lipinski definition) is 3. The summed E-state index contributed by atoms with van der Waals surface area (Å²) in [7, 11) is 1.56. The van der Waals surface area contributed by atoms with E-state index in [-0.39, 0.29) is 27.2 Å². The minimum Gasteiger partial charge on any atom is -0.496 e. The molecular weight excluding hydrogens is 532 g/mol. The minimum atomic E-state index is -0.953. The van der Waals surface area contributed by atoms with E-state index in [0.29, 0.717) is 47.4 Å². The van der Waals surface area contributed by atoms with Crippen LogP contribution in [-0.4, -0.2) is 29.9 Å². The third-order valence-electron chi connectivity index (χ3n) is 15.0. The second-order valence-corrected chi connectivity index (χ2v) is 16.9. The molecule has 1 aromatic rings. The van der Waals surface area contributed by atoms with Crippen molar-refractivity contribution >= 4 is 11.5 Å². The molecule has 1 aromatic carbocycles. The zero-order valence-electron chi connectivity index (χ0n) is 27.9. The lowest BCUT2D eigenvalue weighted by Crippen LogP contribution is -2.65. The molecule has 0 aromatic heterocycles. The standard InChI is InChI=1S/C39H56O4/c1-24(2)21-26-13-18-39(23-40)20-19-37(6)29(33(26)39)11-12-32-36(5)16-14-28(35(3,4)31(36)15-17-38(32,37)7)25-9-10-27(34(41)42)30(22-25)43-8/h9-10,14,22,26,29,31-33,40H,1,11-13,15-21,23H2,2-8H3,(H,41,42)/t26-,29+,31?,32?,33?,36-,37+,38+,39+/m0/s1. The van der Waals surface area contributed by atoms with E-state index in [0.717, 1.165) is 18.4 Å². The van der Waals surface area contributed by atoms with Crippen LogP contribution >= 0.6 is 0 Å². The number of aliphatic hydroxyl groups excluding tert-OH is 1. The quantitative estimate of drug-likeness (QED) is 0.325. The Morgan fingerprint density at radius 2 is 1.72 bits per heavy atom. The predicted octanol–water partition coefficient (Wildman–Crippen LogP) is 9.43. The number of hydrogen-bond donors (Lipinski definition) is 2. The van der Waals surface area contributed by atoms with Gasteiger partial charge in [-0.05, 0) is 151 Å². The van der Waals surface area contributed by atoms with E-state index in [4.69, 9.17) is 4.74 Å². The minimum absolute atomic E-state index is 0.0293. The van der Waals surface area contributed by atoms with E-state index in [1.54, 1.807) is 13.2 Å². The molecule has 4 nitrogen and oxygen atoms in total. The molecule has 4 heteroatoms. The number of aromatic carboxylic acids is 1. The van der Waals surface area contributed by atoms with Gasteiger partial charge in [-0.1, -0.05) is 52.3 Å². The fourth-order valence-electron chi connectivity index (χ4n) is 13.0. The van der Waals surface area contributed by atoms with Crippen LogP contribution in [0.4, 0.5) is 0 Å². The van der Waals surface area contributed by atoms with Crippen LogP contribution < -0.4 is 4.74 Å². The lowest BCUT2D eigenvalue weighted by atomic mass is 9.32. The molecule has 0 aliphatic heterocycles. The van der Waals surface area contributed by atoms with Gasteiger partial charge in [0.25, 0.3) is 0 Å². The molecule has 0 amide bonds. The maximum absolute atomic E-state index is 11.8. The summed E-state index contributed by atoms with van der Waals surface area (Å²) in [5.74, 6) is 2.69. The molecule has 43 heavy (non-hydrogen) atoms. The number of carboxylic acids is 1. The fraction of sp³-hybridized carbons (Fsp3) is 0.718. The van der Waals surface area contributed by atoms with E-state index < -0.39 is 5.97 Å². The zero-order valence-corrected chi connectivity index (χ0v) is 27.9. The summed E-state index contributed by atoms with van der Waals surface area (Å²) in [6.45, 7) is 19.7. The Morgan fingerprint density at radius 3 is 2.37 bits per heavy atom. The molecule has 9 atom stereocenters. The maximum Gasteiger partial charge on any atom is 0.339 e. The van der Waals surface area contributed by atoms with Gasteiger partial charge in [-0.2, -0.15) is 0 Å². The van der Waals surface area contributed by atoms with Crippen molar-refractivity contribution in [3.8, 4) is 5.75 Å². The van der Waals surface area contributed by atoms with Gasteiger partial charge < -0.3 is 14.9 Å². The van der Waals surface area contributed by atoms with Crippen LogP contribution in [0.25, 0.3) is 5.57 Å². The number of rotatable bonds is 6. The number of aliphatic hydroxyl groups is 1. The Hall–Kier alpha value is -2.07. The SMILES string of the molecule is C=C(C)C[C@@H]1CC[C@]2(CO)CC[C@]3(C)[C@H](CCC4[C@@]5(C)CC=C(c6ccc(C(=O)O)c(OC)c6)C(C)(C)C5CC[C@]43C)C12. The molecule has 5 aliphatic rings. The molecule has 6 rings (SSSR count). The fourth-order valence-corrected chi connectivity index (χ4v) is 13.0. The second-order valence-electron chi connectivity index (χ2n) is 16.9. The van der Waals surface area contributed by atoms with Crippen molar-refractivity contribution in [3.05, 3.63) is 47.6 Å². The van der Waals surface area contributed by atoms with Crippen LogP contribution in [0, 0.1) is 56.7 Å². The van der Waals surface area contributed by atoms with Gasteiger partial charge in [0, 0.05) is 6.61 Å². The number of fused-ring (bicyclic) bond motifs is 7. The van der Waals surface area contributed by atoms with Gasteiger partial charge in [0.1, 0.15) is 11.3 Å². The zero-order chi connectivity index (χ0) is 31.2. The van der Waals surface area contributed by atoms with E-state index in [9.17, 15) is 15.0 Å². The monoisotopic (exact) mass is 588 g/mol. The average Bonchev–Trinajstić information content (AvgIpc) is 3.30. The van der Waals surface area contributed by atoms with Crippen molar-refractivity contribution in [1.29, 1.82) is 0 Å². The first-order chi connectivity index (χ1) is 20.2. The first-order valence-electron chi connectivity index (χ1n) is 17.1. The second kappa shape index (κ2) is 10.2. The molecular formula is C39H56O4. The maximum atomic E-state index is 11.8. The first kappa shape index (κ1) is 30.9. The molecule has 0 bridgehead atoms. The van der Waals surface area contributed by atoms with Gasteiger partial charge >= 0.3 is 5.97 Å². The number of carbonyl (C=O) groups is 1. The van der Waals surface area contributed by atoms with Crippen LogP contribution in [-0.2, 0) is 0 Å². The lowest BCUT2D eigenvalue weighted by molar-refractivity contribution is -0.229. The van der Waals surface area contributed by atoms with Gasteiger partial charge in [0.15, 0.2) is 0 Å². The molecule has 2 N–H and O–H groups in total. The highest BCUT2D eigenvalue weighted by Crippen LogP contribution is 2.77. The van der Waals surface area contributed by atoms with E-state index in [1.165, 1.54) is 62.5 Å². The Balaban J connectivity index is 1.36. The highest BCUT2D eigenvalue weighted by molar-refractivity contribution is 5.91. The summed E-state index contributed by atoms with van der Waals surface area (Å²) in [4.78, 5) is 11.8. The summed E-state index contributed by atoms with van der Waals surface area (Å²) in [5, 5.41) is 20.5. The molecule has 0 radical (unpaired) electrons. The number of ether oxygens (including phenoxy) is 1. The van der Waals surface area contributed by atoms with Gasteiger partial charge in [0.05, 0.1) is 7.11 Å². The van der Waals surface area contributed by atoms with Crippen molar-refractivity contribution < 1.29 is 19.7 Å². The third kappa shape index (κ3) is 4.20. The lowest BCUT2D eigenvalue weighted by Gasteiger charge is -2.72. The molecule has 0 spiro atoms. The Morgan fingerprint density at radius 1 is 0.977 bits per heavy atom. The number of carboxylic acid groups (broad SMARTS) is 1. The van der Waals surface area contributed by atoms with E-state index in [1.807, 2.05) is 12.1 Å². The molecule has 3 unspecified atom stereocenters. The van der Waals surface area contributed by atoms with Crippen molar-refractivity contribution in [2.24, 2.45) is 56.7 Å². The van der Waals surface area contributed by atoms with Gasteiger partial charge in [-0.3, -0.25) is 0 Å². The van der Waals surface area contributed by atoms with E-state index >= 15 is 0 Å². The third-order valence-corrected chi connectivity index (χ3v) is 15.0. The van der Waals surface area contributed by atoms with Crippen LogP contribution in [0.2, 0.25) is 0 Å². The largest absolute Gasteiger partial charge is 0.496 e. The van der Waals surface area contributed by atoms with Gasteiger partial charge in [0.2, 0.25) is 0 Å². The van der Waals surface area contributed by atoms with Crippen LogP contribution in [0.1, 0.15) is 122 Å². The van der Waals surface area contributed by atoms with Crippen LogP contribution in [0.3, 0.4) is 0 Å². The molecule has 0 heterocycles. The predicted molar refractivity (Wildman–Crippen MR) is 174 cm³/mol. The van der Waals surface area contributed by atoms with Crippen molar-refractivity contribution in [3.63, 3.8) is 0 Å². The molecule has 5 aliphatic carbocycles. The normalized spacial score (nSPS) is 43.0. The van der Waals surface area contributed by atoms with Gasteiger partial charge in [-0.25, -0.2) is 4.79 Å². The topological polar surface area (TPSA) is 66.8 Å². The van der Waals surface area contributed by atoms with Crippen molar-refractivity contribution in [1.82, 2.24) is 0 Å². The Labute approximate surface area is 260 Å². The number of allylic oxidation sites excluding steroid dienone is 3. The smallest absolute Gasteiger partial charge is 0.339 e. The summed E-state index contributed by atoms with van der Waals surface area (Å²) >= 11 is 0. The number of methoxy groups -OCH3 is 1. The van der Waals surface area contributed by atoms with Crippen LogP contribution in [0.5, 0.6) is 5.75 Å². The molecule has 4 saturated carbocycles. The number of benzene rings is 1. The van der Waals surface area contributed by atoms with Crippen LogP contribution in [0.15, 0.2) is 36.4 Å². The summed E-state index contributed by atoms with van der Waals surface area (Å²) in [6.07, 6.45) is 14.7. The summed E-state index contributed by atoms with van der Waals surface area (Å²) in [5.41, 5.74) is 4.84. The van der Waals surface area contributed by atoms with Crippen molar-refractivity contribution in [2.75, 3.05) is 13.7 Å². The first-order valence-corrected chi connectivity index (χ1v) is 17.1. The molecule has 0 saturated heterocycles. The Kier molecular flexibility index (Phi) is 7.36. The van der Waals surface area contributed by atoms with Gasteiger partial charge in [-0.15, -0.1) is 6.58 Å². The van der Waals surface area contributed by atoms with Crippen molar-refractivity contribution in [2.45, 2.75) is 106 Å². The highest BCUT2D eigenvalue weighted by Gasteiger charge is 2.70.